The highest BCUT2D eigenvalue weighted by Crippen LogP contribution is 2.13. The maximum Gasteiger partial charge on any atom is 0.291 e. The van der Waals surface area contributed by atoms with Gasteiger partial charge in [0.1, 0.15) is 0 Å². The number of benzene rings is 1. The molecule has 1 fully saturated rings. The molecule has 20 heavy (non-hydrogen) atoms. The molecule has 104 valence electrons. The summed E-state index contributed by atoms with van der Waals surface area (Å²) in [5.74, 6) is 0.511. The molecule has 1 amide bonds. The van der Waals surface area contributed by atoms with Gasteiger partial charge in [-0.3, -0.25) is 9.59 Å². The number of para-hydroxylation sites is 2. The van der Waals surface area contributed by atoms with Gasteiger partial charge in [0.05, 0.1) is 11.0 Å². The largest absolute Gasteiger partial charge is 0.348 e. The average Bonchev–Trinajstić information content (AvgIpc) is 2.46. The van der Waals surface area contributed by atoms with E-state index in [-0.39, 0.29) is 11.5 Å². The van der Waals surface area contributed by atoms with E-state index in [1.54, 1.807) is 11.8 Å². The van der Waals surface area contributed by atoms with Crippen LogP contribution >= 0.6 is 0 Å². The average molecular weight is 272 g/mol. The van der Waals surface area contributed by atoms with Crippen LogP contribution in [0.15, 0.2) is 29.1 Å². The van der Waals surface area contributed by atoms with Gasteiger partial charge in [-0.25, -0.2) is 4.98 Å². The standard InChI is InChI=1S/C14H16N4O2/c1-10(19)17-6-8-18(9-7-17)13-14(20)16-12-5-3-2-4-11(12)15-13/h2-5H,6-9H2,1H3,(H,16,20). The molecule has 6 nitrogen and oxygen atoms in total. The number of aromatic amines is 1. The van der Waals surface area contributed by atoms with E-state index in [1.807, 2.05) is 29.2 Å². The second-order valence-corrected chi connectivity index (χ2v) is 4.90. The van der Waals surface area contributed by atoms with Crippen LogP contribution in [0.25, 0.3) is 11.0 Å². The Hall–Kier alpha value is -2.37. The van der Waals surface area contributed by atoms with Gasteiger partial charge < -0.3 is 14.8 Å². The number of fused-ring (bicyclic) bond motifs is 1. The van der Waals surface area contributed by atoms with E-state index in [0.29, 0.717) is 32.0 Å². The van der Waals surface area contributed by atoms with Gasteiger partial charge in [-0.15, -0.1) is 0 Å². The summed E-state index contributed by atoms with van der Waals surface area (Å²) in [5, 5.41) is 0. The molecule has 0 radical (unpaired) electrons. The Bertz CT molecular complexity index is 702. The number of anilines is 1. The van der Waals surface area contributed by atoms with Crippen LogP contribution in [0.4, 0.5) is 5.82 Å². The number of H-pyrrole nitrogens is 1. The molecule has 1 saturated heterocycles. The number of nitrogens with one attached hydrogen (secondary N) is 1. The molecule has 0 unspecified atom stereocenters. The van der Waals surface area contributed by atoms with E-state index in [9.17, 15) is 9.59 Å². The fourth-order valence-electron chi connectivity index (χ4n) is 2.47. The van der Waals surface area contributed by atoms with Crippen molar-refractivity contribution >= 4 is 22.8 Å². The van der Waals surface area contributed by atoms with Gasteiger partial charge in [0, 0.05) is 33.1 Å². The number of aromatic nitrogens is 2. The summed E-state index contributed by atoms with van der Waals surface area (Å²) in [6.07, 6.45) is 0. The first-order chi connectivity index (χ1) is 9.65. The van der Waals surface area contributed by atoms with Crippen molar-refractivity contribution in [3.05, 3.63) is 34.6 Å². The Morgan fingerprint density at radius 1 is 1.20 bits per heavy atom. The Morgan fingerprint density at radius 3 is 2.60 bits per heavy atom. The van der Waals surface area contributed by atoms with Crippen molar-refractivity contribution < 1.29 is 4.79 Å². The lowest BCUT2D eigenvalue weighted by Gasteiger charge is -2.34. The summed E-state index contributed by atoms with van der Waals surface area (Å²) in [5.41, 5.74) is 1.33. The first-order valence-electron chi connectivity index (χ1n) is 6.64. The van der Waals surface area contributed by atoms with Crippen LogP contribution in [0, 0.1) is 0 Å². The number of carbonyl (C=O) groups excluding carboxylic acids is 1. The van der Waals surface area contributed by atoms with Gasteiger partial charge in [0.25, 0.3) is 5.56 Å². The predicted octanol–water partition coefficient (Wildman–Crippen LogP) is 0.592. The number of amides is 1. The number of hydrogen-bond acceptors (Lipinski definition) is 4. The molecule has 6 heteroatoms. The van der Waals surface area contributed by atoms with E-state index < -0.39 is 0 Å². The number of nitrogens with zero attached hydrogens (tertiary/aromatic N) is 3. The summed E-state index contributed by atoms with van der Waals surface area (Å²) < 4.78 is 0. The zero-order chi connectivity index (χ0) is 14.1. The van der Waals surface area contributed by atoms with Gasteiger partial charge in [-0.1, -0.05) is 12.1 Å². The number of piperazine rings is 1. The third kappa shape index (κ3) is 2.24. The Kier molecular flexibility index (Phi) is 3.14. The third-order valence-corrected chi connectivity index (χ3v) is 3.61. The maximum absolute atomic E-state index is 12.1. The lowest BCUT2D eigenvalue weighted by Crippen LogP contribution is -2.49. The molecule has 0 bridgehead atoms. The molecule has 1 aromatic carbocycles. The van der Waals surface area contributed by atoms with Gasteiger partial charge >= 0.3 is 0 Å². The minimum absolute atomic E-state index is 0.0741. The van der Waals surface area contributed by atoms with Crippen molar-refractivity contribution in [1.29, 1.82) is 0 Å². The highest BCUT2D eigenvalue weighted by Gasteiger charge is 2.21. The fourth-order valence-corrected chi connectivity index (χ4v) is 2.47. The van der Waals surface area contributed by atoms with Crippen LogP contribution in [-0.4, -0.2) is 47.0 Å². The van der Waals surface area contributed by atoms with E-state index in [0.717, 1.165) is 11.0 Å². The molecule has 1 aliphatic heterocycles. The molecule has 1 aliphatic rings. The number of hydrogen-bond donors (Lipinski definition) is 1. The lowest BCUT2D eigenvalue weighted by molar-refractivity contribution is -0.129. The fraction of sp³-hybridized carbons (Fsp3) is 0.357. The molecular formula is C14H16N4O2. The van der Waals surface area contributed by atoms with Crippen LogP contribution in [0.3, 0.4) is 0 Å². The Balaban J connectivity index is 1.89. The van der Waals surface area contributed by atoms with Crippen molar-refractivity contribution in [3.8, 4) is 0 Å². The van der Waals surface area contributed by atoms with Crippen LogP contribution in [0.5, 0.6) is 0 Å². The summed E-state index contributed by atoms with van der Waals surface area (Å²) in [6, 6.07) is 7.47. The second-order valence-electron chi connectivity index (χ2n) is 4.90. The molecule has 3 rings (SSSR count). The zero-order valence-electron chi connectivity index (χ0n) is 11.3. The first kappa shape index (κ1) is 12.7. The molecule has 2 aromatic rings. The molecule has 0 atom stereocenters. The Morgan fingerprint density at radius 2 is 1.90 bits per heavy atom. The van der Waals surface area contributed by atoms with Crippen molar-refractivity contribution in [2.24, 2.45) is 0 Å². The van der Waals surface area contributed by atoms with E-state index >= 15 is 0 Å². The topological polar surface area (TPSA) is 69.3 Å². The van der Waals surface area contributed by atoms with Crippen molar-refractivity contribution in [2.75, 3.05) is 31.1 Å². The van der Waals surface area contributed by atoms with Crippen molar-refractivity contribution in [2.45, 2.75) is 6.92 Å². The summed E-state index contributed by atoms with van der Waals surface area (Å²) >= 11 is 0. The molecule has 0 aliphatic carbocycles. The molecule has 1 aromatic heterocycles. The normalized spacial score (nSPS) is 15.7. The predicted molar refractivity (Wildman–Crippen MR) is 76.8 cm³/mol. The molecule has 1 N–H and O–H groups in total. The lowest BCUT2D eigenvalue weighted by atomic mass is 10.3. The summed E-state index contributed by atoms with van der Waals surface area (Å²) in [6.45, 7) is 4.09. The van der Waals surface area contributed by atoms with Gasteiger partial charge in [-0.2, -0.15) is 0 Å². The van der Waals surface area contributed by atoms with E-state index in [1.165, 1.54) is 0 Å². The van der Waals surface area contributed by atoms with Crippen LogP contribution in [0.1, 0.15) is 6.92 Å². The van der Waals surface area contributed by atoms with E-state index in [4.69, 9.17) is 0 Å². The van der Waals surface area contributed by atoms with E-state index in [2.05, 4.69) is 9.97 Å². The minimum Gasteiger partial charge on any atom is -0.348 e. The van der Waals surface area contributed by atoms with Crippen LogP contribution < -0.4 is 10.5 Å². The monoisotopic (exact) mass is 272 g/mol. The second kappa shape index (κ2) is 4.96. The van der Waals surface area contributed by atoms with Gasteiger partial charge in [0.2, 0.25) is 5.91 Å². The number of carbonyl (C=O) groups is 1. The third-order valence-electron chi connectivity index (χ3n) is 3.61. The zero-order valence-corrected chi connectivity index (χ0v) is 11.3. The summed E-state index contributed by atoms with van der Waals surface area (Å²) in [4.78, 5) is 34.4. The molecule has 0 spiro atoms. The maximum atomic E-state index is 12.1. The smallest absolute Gasteiger partial charge is 0.291 e. The van der Waals surface area contributed by atoms with Crippen LogP contribution in [0.2, 0.25) is 0 Å². The van der Waals surface area contributed by atoms with Crippen molar-refractivity contribution in [1.82, 2.24) is 14.9 Å². The molecule has 2 heterocycles. The van der Waals surface area contributed by atoms with Crippen LogP contribution in [-0.2, 0) is 4.79 Å². The van der Waals surface area contributed by atoms with Crippen molar-refractivity contribution in [3.63, 3.8) is 0 Å². The first-order valence-corrected chi connectivity index (χ1v) is 6.64. The SMILES string of the molecule is CC(=O)N1CCN(c2nc3ccccc3[nH]c2=O)CC1. The highest BCUT2D eigenvalue weighted by molar-refractivity contribution is 5.75. The number of rotatable bonds is 1. The minimum atomic E-state index is -0.181. The Labute approximate surface area is 116 Å². The summed E-state index contributed by atoms with van der Waals surface area (Å²) in [7, 11) is 0. The van der Waals surface area contributed by atoms with Gasteiger partial charge in [-0.05, 0) is 12.1 Å². The highest BCUT2D eigenvalue weighted by atomic mass is 16.2. The molecule has 0 saturated carbocycles. The molecular weight excluding hydrogens is 256 g/mol. The quantitative estimate of drug-likeness (QED) is 0.825. The van der Waals surface area contributed by atoms with Gasteiger partial charge in [0.15, 0.2) is 5.82 Å².